The number of hydrogen-bond acceptors (Lipinski definition) is 4. The van der Waals surface area contributed by atoms with Crippen molar-refractivity contribution in [1.82, 2.24) is 10.2 Å². The van der Waals surface area contributed by atoms with Crippen LogP contribution in [0.2, 0.25) is 0 Å². The van der Waals surface area contributed by atoms with E-state index < -0.39 is 5.60 Å². The first-order chi connectivity index (χ1) is 9.62. The largest absolute Gasteiger partial charge is 0.444 e. The average molecular weight is 317 g/mol. The highest BCUT2D eigenvalue weighted by molar-refractivity contribution is 7.99. The fourth-order valence-electron chi connectivity index (χ4n) is 2.30. The molecular weight excluding hydrogens is 284 g/mol. The van der Waals surface area contributed by atoms with Gasteiger partial charge in [0.25, 0.3) is 0 Å². The Morgan fingerprint density at radius 2 is 2.10 bits per heavy atom. The molecule has 5 heteroatoms. The van der Waals surface area contributed by atoms with Crippen LogP contribution in [0.25, 0.3) is 0 Å². The third kappa shape index (κ3) is 6.92. The highest BCUT2D eigenvalue weighted by Crippen LogP contribution is 2.33. The van der Waals surface area contributed by atoms with Crippen LogP contribution < -0.4 is 5.32 Å². The highest BCUT2D eigenvalue weighted by Gasteiger charge is 2.31. The van der Waals surface area contributed by atoms with E-state index in [2.05, 4.69) is 19.2 Å². The molecule has 4 nitrogen and oxygen atoms in total. The molecule has 0 aromatic carbocycles. The molecule has 1 N–H and O–H groups in total. The fourth-order valence-corrected chi connectivity index (χ4v) is 3.94. The summed E-state index contributed by atoms with van der Waals surface area (Å²) in [5.41, 5.74) is -0.0464. The molecule has 0 aliphatic carbocycles. The van der Waals surface area contributed by atoms with Crippen molar-refractivity contribution in [2.75, 3.05) is 31.6 Å². The first-order valence-electron chi connectivity index (χ1n) is 7.87. The molecule has 1 fully saturated rings. The van der Waals surface area contributed by atoms with Crippen molar-refractivity contribution in [2.45, 2.75) is 59.1 Å². The van der Waals surface area contributed by atoms with Crippen LogP contribution in [-0.2, 0) is 4.74 Å². The Morgan fingerprint density at radius 1 is 1.43 bits per heavy atom. The molecule has 0 radical (unpaired) electrons. The second-order valence-corrected chi connectivity index (χ2v) is 8.73. The molecule has 124 valence electrons. The zero-order valence-corrected chi connectivity index (χ0v) is 15.3. The zero-order valence-electron chi connectivity index (χ0n) is 14.5. The van der Waals surface area contributed by atoms with Gasteiger partial charge in [0.15, 0.2) is 0 Å². The number of thioether (sulfide) groups is 1. The van der Waals surface area contributed by atoms with Gasteiger partial charge in [0.05, 0.1) is 0 Å². The molecule has 1 aliphatic rings. The van der Waals surface area contributed by atoms with Crippen molar-refractivity contribution >= 4 is 17.9 Å². The summed E-state index contributed by atoms with van der Waals surface area (Å²) in [6.45, 7) is 12.0. The van der Waals surface area contributed by atoms with Crippen LogP contribution in [-0.4, -0.2) is 54.3 Å². The number of nitrogens with zero attached hydrogens (tertiary/aromatic N) is 1. The van der Waals surface area contributed by atoms with E-state index in [4.69, 9.17) is 4.74 Å². The maximum atomic E-state index is 11.8. The number of amides is 1. The minimum Gasteiger partial charge on any atom is -0.444 e. The van der Waals surface area contributed by atoms with E-state index in [0.717, 1.165) is 19.5 Å². The predicted molar refractivity (Wildman–Crippen MR) is 91.0 cm³/mol. The van der Waals surface area contributed by atoms with Crippen LogP contribution in [0.15, 0.2) is 0 Å². The quantitative estimate of drug-likeness (QED) is 0.790. The number of ether oxygens (including phenoxy) is 1. The lowest BCUT2D eigenvalue weighted by Crippen LogP contribution is -2.47. The summed E-state index contributed by atoms with van der Waals surface area (Å²) < 4.78 is 5.34. The molecule has 0 bridgehead atoms. The summed E-state index contributed by atoms with van der Waals surface area (Å²) in [6.07, 6.45) is 1.98. The van der Waals surface area contributed by atoms with Crippen molar-refractivity contribution in [3.63, 3.8) is 0 Å². The van der Waals surface area contributed by atoms with Gasteiger partial charge in [-0.1, -0.05) is 13.8 Å². The van der Waals surface area contributed by atoms with Crippen LogP contribution in [0, 0.1) is 5.41 Å². The fraction of sp³-hybridized carbons (Fsp3) is 0.938. The molecule has 1 saturated heterocycles. The van der Waals surface area contributed by atoms with E-state index >= 15 is 0 Å². The maximum Gasteiger partial charge on any atom is 0.410 e. The SMILES string of the molecule is CN(CCCNC1CSCCC1(C)C)C(=O)OC(C)(C)C. The summed E-state index contributed by atoms with van der Waals surface area (Å²) >= 11 is 2.03. The Balaban J connectivity index is 2.23. The van der Waals surface area contributed by atoms with Gasteiger partial charge >= 0.3 is 6.09 Å². The highest BCUT2D eigenvalue weighted by atomic mass is 32.2. The van der Waals surface area contributed by atoms with Gasteiger partial charge in [-0.2, -0.15) is 11.8 Å². The van der Waals surface area contributed by atoms with Crippen molar-refractivity contribution in [3.8, 4) is 0 Å². The van der Waals surface area contributed by atoms with Crippen LogP contribution in [0.5, 0.6) is 0 Å². The summed E-state index contributed by atoms with van der Waals surface area (Å²) in [7, 11) is 1.80. The first-order valence-corrected chi connectivity index (χ1v) is 9.02. The van der Waals surface area contributed by atoms with Gasteiger partial charge < -0.3 is 15.0 Å². The van der Waals surface area contributed by atoms with Crippen molar-refractivity contribution in [1.29, 1.82) is 0 Å². The molecule has 0 aromatic rings. The molecule has 1 unspecified atom stereocenters. The van der Waals surface area contributed by atoms with E-state index in [0.29, 0.717) is 11.5 Å². The van der Waals surface area contributed by atoms with Crippen LogP contribution in [0.1, 0.15) is 47.5 Å². The Labute approximate surface area is 134 Å². The number of rotatable bonds is 5. The number of carbonyl (C=O) groups is 1. The van der Waals surface area contributed by atoms with E-state index in [9.17, 15) is 4.79 Å². The van der Waals surface area contributed by atoms with Gasteiger partial charge in [0.2, 0.25) is 0 Å². The lowest BCUT2D eigenvalue weighted by molar-refractivity contribution is 0.0296. The monoisotopic (exact) mass is 316 g/mol. The predicted octanol–water partition coefficient (Wildman–Crippen LogP) is 3.36. The van der Waals surface area contributed by atoms with Crippen LogP contribution in [0.4, 0.5) is 4.79 Å². The van der Waals surface area contributed by atoms with E-state index in [1.54, 1.807) is 11.9 Å². The molecule has 1 amide bonds. The minimum atomic E-state index is -0.424. The van der Waals surface area contributed by atoms with Crippen LogP contribution in [0.3, 0.4) is 0 Å². The van der Waals surface area contributed by atoms with Gasteiger partial charge in [-0.15, -0.1) is 0 Å². The second-order valence-electron chi connectivity index (χ2n) is 7.58. The molecule has 1 atom stereocenters. The Morgan fingerprint density at radius 3 is 2.67 bits per heavy atom. The van der Waals surface area contributed by atoms with Gasteiger partial charge in [-0.3, -0.25) is 0 Å². The van der Waals surface area contributed by atoms with Crippen LogP contribution >= 0.6 is 11.8 Å². The van der Waals surface area contributed by atoms with E-state index in [1.165, 1.54) is 17.9 Å². The standard InChI is InChI=1S/C16H32N2O2S/c1-15(2,3)20-14(19)18(6)10-7-9-17-13-12-21-11-8-16(13,4)5/h13,17H,7-12H2,1-6H3. The van der Waals surface area contributed by atoms with Crippen molar-refractivity contribution < 1.29 is 9.53 Å². The topological polar surface area (TPSA) is 41.6 Å². The van der Waals surface area contributed by atoms with Gasteiger partial charge in [-0.05, 0) is 51.3 Å². The zero-order chi connectivity index (χ0) is 16.1. The lowest BCUT2D eigenvalue weighted by Gasteiger charge is -2.39. The normalized spacial score (nSPS) is 21.9. The minimum absolute atomic E-state index is 0.240. The Bertz CT molecular complexity index is 340. The average Bonchev–Trinajstić information content (AvgIpc) is 2.33. The number of nitrogens with one attached hydrogen (secondary N) is 1. The Kier molecular flexibility index (Phi) is 6.85. The number of hydrogen-bond donors (Lipinski definition) is 1. The third-order valence-corrected chi connectivity index (χ3v) is 4.95. The summed E-state index contributed by atoms with van der Waals surface area (Å²) in [4.78, 5) is 13.5. The molecule has 1 aliphatic heterocycles. The van der Waals surface area contributed by atoms with E-state index in [1.807, 2.05) is 32.5 Å². The first kappa shape index (κ1) is 18.6. The summed E-state index contributed by atoms with van der Waals surface area (Å²) in [5.74, 6) is 2.46. The van der Waals surface area contributed by atoms with Crippen molar-refractivity contribution in [3.05, 3.63) is 0 Å². The van der Waals surface area contributed by atoms with Gasteiger partial charge in [0, 0.05) is 25.4 Å². The molecule has 21 heavy (non-hydrogen) atoms. The van der Waals surface area contributed by atoms with Crippen molar-refractivity contribution in [2.24, 2.45) is 5.41 Å². The smallest absolute Gasteiger partial charge is 0.410 e. The molecule has 0 saturated carbocycles. The summed E-state index contributed by atoms with van der Waals surface area (Å²) in [6, 6.07) is 0.572. The van der Waals surface area contributed by atoms with Gasteiger partial charge in [-0.25, -0.2) is 4.79 Å². The Hall–Kier alpha value is -0.420. The van der Waals surface area contributed by atoms with E-state index in [-0.39, 0.29) is 6.09 Å². The van der Waals surface area contributed by atoms with Gasteiger partial charge in [0.1, 0.15) is 5.60 Å². The second kappa shape index (κ2) is 7.73. The molecule has 1 heterocycles. The molecule has 0 aromatic heterocycles. The summed E-state index contributed by atoms with van der Waals surface area (Å²) in [5, 5.41) is 3.65. The molecular formula is C16H32N2O2S. The maximum absolute atomic E-state index is 11.8. The molecule has 0 spiro atoms. The molecule has 1 rings (SSSR count). The third-order valence-electron chi connectivity index (χ3n) is 3.88. The lowest BCUT2D eigenvalue weighted by atomic mass is 9.82. The number of carbonyl (C=O) groups excluding carboxylic acids is 1.